The van der Waals surface area contributed by atoms with E-state index in [4.69, 9.17) is 10.5 Å². The Morgan fingerprint density at radius 3 is 2.76 bits per heavy atom. The van der Waals surface area contributed by atoms with Gasteiger partial charge in [-0.2, -0.15) is 0 Å². The number of nitrogens with two attached hydrogens (primary N) is 1. The molecule has 0 bridgehead atoms. The molecule has 1 atom stereocenters. The second-order valence-corrected chi connectivity index (χ2v) is 4.20. The topological polar surface area (TPSA) is 55.6 Å². The van der Waals surface area contributed by atoms with Gasteiger partial charge in [0.1, 0.15) is 6.10 Å². The van der Waals surface area contributed by atoms with Gasteiger partial charge in [0.05, 0.1) is 0 Å². The van der Waals surface area contributed by atoms with E-state index >= 15 is 0 Å². The first-order chi connectivity index (χ1) is 8.31. The van der Waals surface area contributed by atoms with Crippen molar-refractivity contribution < 1.29 is 9.53 Å². The first-order valence-electron chi connectivity index (χ1n) is 6.02. The van der Waals surface area contributed by atoms with Gasteiger partial charge in [-0.3, -0.25) is 0 Å². The normalized spacial score (nSPS) is 20.2. The van der Waals surface area contributed by atoms with E-state index in [-0.39, 0.29) is 12.2 Å². The molecule has 4 nitrogen and oxygen atoms in total. The molecule has 1 aromatic rings. The number of hydrogen-bond donors (Lipinski definition) is 1. The Hall–Kier alpha value is -1.55. The average molecular weight is 234 g/mol. The predicted octanol–water partition coefficient (Wildman–Crippen LogP) is 1.92. The van der Waals surface area contributed by atoms with Gasteiger partial charge in [0.2, 0.25) is 0 Å². The maximum absolute atomic E-state index is 11.7. The van der Waals surface area contributed by atoms with Gasteiger partial charge in [-0.15, -0.1) is 0 Å². The third-order valence-electron chi connectivity index (χ3n) is 2.97. The highest BCUT2D eigenvalue weighted by atomic mass is 16.6. The lowest BCUT2D eigenvalue weighted by Gasteiger charge is -2.31. The second-order valence-electron chi connectivity index (χ2n) is 4.20. The molecule has 2 N–H and O–H groups in total. The van der Waals surface area contributed by atoms with Crippen LogP contribution in [0.3, 0.4) is 0 Å². The molecule has 1 amide bonds. The molecule has 1 unspecified atom stereocenters. The molecule has 0 aromatic heterocycles. The number of hydrogen-bond acceptors (Lipinski definition) is 3. The minimum absolute atomic E-state index is 0.0992. The monoisotopic (exact) mass is 234 g/mol. The Bertz CT molecular complexity index is 367. The number of nitrogens with zero attached hydrogens (tertiary/aromatic N) is 1. The van der Waals surface area contributed by atoms with Gasteiger partial charge < -0.3 is 15.4 Å². The molecule has 1 saturated heterocycles. The molecule has 1 aliphatic rings. The lowest BCUT2D eigenvalue weighted by molar-refractivity contribution is 0.0242. The standard InChI is InChI=1S/C13H18N2O2/c14-8-4-9-15-10-7-12(17-13(15)16)11-5-2-1-3-6-11/h1-3,5-6,12H,4,7-10,14H2. The van der Waals surface area contributed by atoms with Gasteiger partial charge >= 0.3 is 6.09 Å². The van der Waals surface area contributed by atoms with Crippen LogP contribution in [0.15, 0.2) is 30.3 Å². The maximum atomic E-state index is 11.7. The summed E-state index contributed by atoms with van der Waals surface area (Å²) >= 11 is 0. The van der Waals surface area contributed by atoms with Crippen LogP contribution in [0.5, 0.6) is 0 Å². The van der Waals surface area contributed by atoms with Crippen LogP contribution in [0.25, 0.3) is 0 Å². The summed E-state index contributed by atoms with van der Waals surface area (Å²) in [5, 5.41) is 0. The molecule has 92 valence electrons. The van der Waals surface area contributed by atoms with E-state index < -0.39 is 0 Å². The molecule has 4 heteroatoms. The van der Waals surface area contributed by atoms with E-state index in [0.29, 0.717) is 13.1 Å². The fourth-order valence-electron chi connectivity index (χ4n) is 2.01. The maximum Gasteiger partial charge on any atom is 0.410 e. The van der Waals surface area contributed by atoms with Gasteiger partial charge in [0.25, 0.3) is 0 Å². The lowest BCUT2D eigenvalue weighted by atomic mass is 10.1. The Labute approximate surface area is 101 Å². The number of amides is 1. The summed E-state index contributed by atoms with van der Waals surface area (Å²) in [6, 6.07) is 9.87. The molecule has 1 aromatic carbocycles. The van der Waals surface area contributed by atoms with Crippen LogP contribution in [0.2, 0.25) is 0 Å². The highest BCUT2D eigenvalue weighted by Crippen LogP contribution is 2.26. The van der Waals surface area contributed by atoms with Gasteiger partial charge in [-0.05, 0) is 18.5 Å². The van der Waals surface area contributed by atoms with Crippen LogP contribution in [-0.4, -0.2) is 30.6 Å². The van der Waals surface area contributed by atoms with E-state index in [0.717, 1.165) is 24.9 Å². The van der Waals surface area contributed by atoms with Crippen LogP contribution in [0, 0.1) is 0 Å². The average Bonchev–Trinajstić information content (AvgIpc) is 2.38. The van der Waals surface area contributed by atoms with Gasteiger partial charge in [0, 0.05) is 19.5 Å². The van der Waals surface area contributed by atoms with Crippen molar-refractivity contribution >= 4 is 6.09 Å². The van der Waals surface area contributed by atoms with E-state index in [1.165, 1.54) is 0 Å². The Balaban J connectivity index is 1.93. The number of rotatable bonds is 4. The Morgan fingerprint density at radius 1 is 1.35 bits per heavy atom. The van der Waals surface area contributed by atoms with Crippen LogP contribution in [-0.2, 0) is 4.74 Å². The highest BCUT2D eigenvalue weighted by Gasteiger charge is 2.27. The van der Waals surface area contributed by atoms with Crippen molar-refractivity contribution in [1.82, 2.24) is 4.90 Å². The highest BCUT2D eigenvalue weighted by molar-refractivity contribution is 5.68. The molecular weight excluding hydrogens is 216 g/mol. The molecule has 0 saturated carbocycles. The minimum Gasteiger partial charge on any atom is -0.441 e. The van der Waals surface area contributed by atoms with Crippen LogP contribution >= 0.6 is 0 Å². The Kier molecular flexibility index (Phi) is 3.98. The Morgan fingerprint density at radius 2 is 2.12 bits per heavy atom. The fourth-order valence-corrected chi connectivity index (χ4v) is 2.01. The van der Waals surface area contributed by atoms with Crippen molar-refractivity contribution in [2.24, 2.45) is 5.73 Å². The van der Waals surface area contributed by atoms with Crippen LogP contribution < -0.4 is 5.73 Å². The van der Waals surface area contributed by atoms with Crippen molar-refractivity contribution in [2.75, 3.05) is 19.6 Å². The summed E-state index contributed by atoms with van der Waals surface area (Å²) in [4.78, 5) is 13.5. The quantitative estimate of drug-likeness (QED) is 0.866. The van der Waals surface area contributed by atoms with Crippen molar-refractivity contribution in [2.45, 2.75) is 18.9 Å². The summed E-state index contributed by atoms with van der Waals surface area (Å²) in [6.07, 6.45) is 1.35. The summed E-state index contributed by atoms with van der Waals surface area (Å²) < 4.78 is 5.43. The molecular formula is C13H18N2O2. The smallest absolute Gasteiger partial charge is 0.410 e. The van der Waals surface area contributed by atoms with Crippen LogP contribution in [0.4, 0.5) is 4.79 Å². The van der Waals surface area contributed by atoms with Gasteiger partial charge in [0.15, 0.2) is 0 Å². The van der Waals surface area contributed by atoms with E-state index in [9.17, 15) is 4.79 Å². The van der Waals surface area contributed by atoms with Gasteiger partial charge in [-0.1, -0.05) is 30.3 Å². The molecule has 17 heavy (non-hydrogen) atoms. The summed E-state index contributed by atoms with van der Waals surface area (Å²) in [5.74, 6) is 0. The minimum atomic E-state index is -0.224. The number of benzene rings is 1. The van der Waals surface area contributed by atoms with Crippen LogP contribution in [0.1, 0.15) is 24.5 Å². The first-order valence-corrected chi connectivity index (χ1v) is 6.02. The summed E-state index contributed by atoms with van der Waals surface area (Å²) in [7, 11) is 0. The molecule has 1 heterocycles. The van der Waals surface area contributed by atoms with E-state index in [1.54, 1.807) is 4.90 Å². The van der Waals surface area contributed by atoms with Gasteiger partial charge in [-0.25, -0.2) is 4.79 Å². The fraction of sp³-hybridized carbons (Fsp3) is 0.462. The second kappa shape index (κ2) is 5.68. The van der Waals surface area contributed by atoms with E-state index in [2.05, 4.69) is 0 Å². The third kappa shape index (κ3) is 2.97. The SMILES string of the molecule is NCCCN1CCC(c2ccccc2)OC1=O. The molecule has 0 aliphatic carbocycles. The number of cyclic esters (lactones) is 1. The first kappa shape index (κ1) is 11.9. The zero-order valence-corrected chi connectivity index (χ0v) is 9.84. The number of ether oxygens (including phenoxy) is 1. The molecule has 1 fully saturated rings. The van der Waals surface area contributed by atoms with Crippen molar-refractivity contribution in [1.29, 1.82) is 0 Å². The third-order valence-corrected chi connectivity index (χ3v) is 2.97. The summed E-state index contributed by atoms with van der Waals surface area (Å²) in [6.45, 7) is 2.04. The predicted molar refractivity (Wildman–Crippen MR) is 65.5 cm³/mol. The van der Waals surface area contributed by atoms with Crippen molar-refractivity contribution in [3.8, 4) is 0 Å². The number of carbonyl (C=O) groups excluding carboxylic acids is 1. The zero-order chi connectivity index (χ0) is 12.1. The lowest BCUT2D eigenvalue weighted by Crippen LogP contribution is -2.40. The van der Waals surface area contributed by atoms with E-state index in [1.807, 2.05) is 30.3 Å². The molecule has 0 radical (unpaired) electrons. The van der Waals surface area contributed by atoms with Crippen molar-refractivity contribution in [3.05, 3.63) is 35.9 Å². The van der Waals surface area contributed by atoms with Crippen molar-refractivity contribution in [3.63, 3.8) is 0 Å². The summed E-state index contributed by atoms with van der Waals surface area (Å²) in [5.41, 5.74) is 6.50. The molecule has 1 aliphatic heterocycles. The molecule has 0 spiro atoms. The largest absolute Gasteiger partial charge is 0.441 e. The molecule has 2 rings (SSSR count). The number of carbonyl (C=O) groups is 1. The zero-order valence-electron chi connectivity index (χ0n) is 9.84.